The van der Waals surface area contributed by atoms with Crippen LogP contribution in [0, 0.1) is 5.92 Å². The van der Waals surface area contributed by atoms with E-state index in [4.69, 9.17) is 10.7 Å². The lowest BCUT2D eigenvalue weighted by Gasteiger charge is -2.26. The Balaban J connectivity index is 2.16. The highest BCUT2D eigenvalue weighted by atomic mass is 32.1. The summed E-state index contributed by atoms with van der Waals surface area (Å²) in [7, 11) is 0. The van der Waals surface area contributed by atoms with Crippen LogP contribution >= 0.6 is 11.3 Å². The maximum atomic E-state index is 5.90. The molecule has 1 fully saturated rings. The maximum absolute atomic E-state index is 5.90. The van der Waals surface area contributed by atoms with Gasteiger partial charge in [-0.15, -0.1) is 11.3 Å². The van der Waals surface area contributed by atoms with Gasteiger partial charge in [0.05, 0.1) is 10.7 Å². The Kier molecular flexibility index (Phi) is 4.67. The summed E-state index contributed by atoms with van der Waals surface area (Å²) >= 11 is 1.87. The molecule has 19 heavy (non-hydrogen) atoms. The van der Waals surface area contributed by atoms with Crippen LogP contribution in [0.5, 0.6) is 0 Å². The Morgan fingerprint density at radius 1 is 1.21 bits per heavy atom. The van der Waals surface area contributed by atoms with Gasteiger partial charge in [0.25, 0.3) is 0 Å². The van der Waals surface area contributed by atoms with E-state index < -0.39 is 0 Å². The summed E-state index contributed by atoms with van der Waals surface area (Å²) in [6.07, 6.45) is 6.73. The third-order valence-corrected chi connectivity index (χ3v) is 5.62. The maximum Gasteiger partial charge on any atom is 0.0962 e. The van der Waals surface area contributed by atoms with E-state index in [2.05, 4.69) is 27.7 Å². The molecule has 0 bridgehead atoms. The summed E-state index contributed by atoms with van der Waals surface area (Å²) in [4.78, 5) is 6.26. The van der Waals surface area contributed by atoms with E-state index >= 15 is 0 Å². The molecule has 108 valence electrons. The molecule has 1 heterocycles. The molecule has 0 saturated heterocycles. The van der Waals surface area contributed by atoms with E-state index in [9.17, 15) is 0 Å². The molecule has 1 aromatic rings. The second-order valence-corrected chi connectivity index (χ2v) is 8.02. The van der Waals surface area contributed by atoms with Crippen molar-refractivity contribution in [1.29, 1.82) is 0 Å². The van der Waals surface area contributed by atoms with Crippen molar-refractivity contribution in [2.75, 3.05) is 0 Å². The van der Waals surface area contributed by atoms with Crippen LogP contribution in [0.2, 0.25) is 0 Å². The first-order valence-electron chi connectivity index (χ1n) is 7.65. The van der Waals surface area contributed by atoms with E-state index in [0.717, 1.165) is 5.92 Å². The van der Waals surface area contributed by atoms with E-state index in [1.54, 1.807) is 0 Å². The molecule has 1 aromatic heterocycles. The van der Waals surface area contributed by atoms with Crippen molar-refractivity contribution in [3.05, 3.63) is 15.6 Å². The lowest BCUT2D eigenvalue weighted by atomic mass is 9.81. The van der Waals surface area contributed by atoms with Gasteiger partial charge in [-0.05, 0) is 31.6 Å². The summed E-state index contributed by atoms with van der Waals surface area (Å²) in [5.74, 6) is 1.64. The third kappa shape index (κ3) is 3.38. The van der Waals surface area contributed by atoms with E-state index in [0.29, 0.717) is 12.5 Å². The van der Waals surface area contributed by atoms with Crippen molar-refractivity contribution < 1.29 is 0 Å². The van der Waals surface area contributed by atoms with E-state index in [1.807, 2.05) is 11.3 Å². The number of nitrogens with two attached hydrogens (primary N) is 1. The molecule has 3 heteroatoms. The Bertz CT molecular complexity index is 409. The van der Waals surface area contributed by atoms with Gasteiger partial charge in [-0.25, -0.2) is 4.98 Å². The summed E-state index contributed by atoms with van der Waals surface area (Å²) in [6, 6.07) is 0. The minimum Gasteiger partial charge on any atom is -0.326 e. The molecule has 0 amide bonds. The summed E-state index contributed by atoms with van der Waals surface area (Å²) in [5.41, 5.74) is 7.25. The van der Waals surface area contributed by atoms with E-state index in [-0.39, 0.29) is 5.41 Å². The fourth-order valence-corrected chi connectivity index (χ4v) is 4.41. The molecule has 0 atom stereocenters. The fourth-order valence-electron chi connectivity index (χ4n) is 3.09. The number of hydrogen-bond donors (Lipinski definition) is 1. The van der Waals surface area contributed by atoms with Gasteiger partial charge in [0.1, 0.15) is 0 Å². The molecule has 2 rings (SSSR count). The molecular weight excluding hydrogens is 252 g/mol. The average molecular weight is 280 g/mol. The standard InChI is InChI=1S/C16H28N2S/c1-5-11-6-8-12(9-7-11)15-18-14(16(2,3)4)13(10-17)19-15/h11-12H,5-10,17H2,1-4H3. The second-order valence-electron chi connectivity index (χ2n) is 6.90. The van der Waals surface area contributed by atoms with Crippen LogP contribution in [0.25, 0.3) is 0 Å². The van der Waals surface area contributed by atoms with Crippen LogP contribution in [-0.4, -0.2) is 4.98 Å². The predicted molar refractivity (Wildman–Crippen MR) is 83.7 cm³/mol. The Hall–Kier alpha value is -0.410. The van der Waals surface area contributed by atoms with Crippen molar-refractivity contribution in [3.63, 3.8) is 0 Å². The van der Waals surface area contributed by atoms with Crippen LogP contribution in [0.15, 0.2) is 0 Å². The minimum absolute atomic E-state index is 0.115. The predicted octanol–water partition coefficient (Wildman–Crippen LogP) is 4.58. The highest BCUT2D eigenvalue weighted by molar-refractivity contribution is 7.11. The highest BCUT2D eigenvalue weighted by Crippen LogP contribution is 2.40. The fraction of sp³-hybridized carbons (Fsp3) is 0.812. The largest absolute Gasteiger partial charge is 0.326 e. The van der Waals surface area contributed by atoms with Gasteiger partial charge < -0.3 is 5.73 Å². The van der Waals surface area contributed by atoms with Gasteiger partial charge in [0, 0.05) is 22.8 Å². The van der Waals surface area contributed by atoms with Crippen LogP contribution in [0.4, 0.5) is 0 Å². The molecule has 2 nitrogen and oxygen atoms in total. The zero-order valence-corrected chi connectivity index (χ0v) is 13.6. The third-order valence-electron chi connectivity index (χ3n) is 4.38. The normalized spacial score (nSPS) is 24.7. The van der Waals surface area contributed by atoms with Crippen molar-refractivity contribution in [3.8, 4) is 0 Å². The van der Waals surface area contributed by atoms with Gasteiger partial charge in [-0.1, -0.05) is 34.1 Å². The summed E-state index contributed by atoms with van der Waals surface area (Å²) in [5, 5.41) is 1.35. The van der Waals surface area contributed by atoms with Crippen LogP contribution < -0.4 is 5.73 Å². The SMILES string of the molecule is CCC1CCC(c2nc(C(C)(C)C)c(CN)s2)CC1. The lowest BCUT2D eigenvalue weighted by Crippen LogP contribution is -2.16. The number of thiazole rings is 1. The zero-order valence-electron chi connectivity index (χ0n) is 12.8. The number of nitrogens with zero attached hydrogens (tertiary/aromatic N) is 1. The molecule has 0 radical (unpaired) electrons. The molecule has 1 aliphatic carbocycles. The first-order chi connectivity index (χ1) is 8.95. The molecule has 1 saturated carbocycles. The second kappa shape index (κ2) is 5.92. The summed E-state index contributed by atoms with van der Waals surface area (Å²) in [6.45, 7) is 9.66. The van der Waals surface area contributed by atoms with Crippen molar-refractivity contribution >= 4 is 11.3 Å². The molecule has 1 aliphatic rings. The molecule has 0 aromatic carbocycles. The quantitative estimate of drug-likeness (QED) is 0.880. The van der Waals surface area contributed by atoms with Crippen molar-refractivity contribution in [2.24, 2.45) is 11.7 Å². The molecular formula is C16H28N2S. The summed E-state index contributed by atoms with van der Waals surface area (Å²) < 4.78 is 0. The molecule has 0 aliphatic heterocycles. The topological polar surface area (TPSA) is 38.9 Å². The highest BCUT2D eigenvalue weighted by Gasteiger charge is 2.28. The monoisotopic (exact) mass is 280 g/mol. The Morgan fingerprint density at radius 3 is 2.26 bits per heavy atom. The first-order valence-corrected chi connectivity index (χ1v) is 8.47. The lowest BCUT2D eigenvalue weighted by molar-refractivity contribution is 0.318. The number of hydrogen-bond acceptors (Lipinski definition) is 3. The van der Waals surface area contributed by atoms with Gasteiger partial charge in [-0.3, -0.25) is 0 Å². The smallest absolute Gasteiger partial charge is 0.0962 e. The van der Waals surface area contributed by atoms with Gasteiger partial charge in [-0.2, -0.15) is 0 Å². The van der Waals surface area contributed by atoms with E-state index in [1.165, 1.54) is 47.7 Å². The zero-order chi connectivity index (χ0) is 14.0. The average Bonchev–Trinajstić information content (AvgIpc) is 2.83. The van der Waals surface area contributed by atoms with Gasteiger partial charge >= 0.3 is 0 Å². The van der Waals surface area contributed by atoms with Crippen LogP contribution in [0.1, 0.15) is 81.3 Å². The van der Waals surface area contributed by atoms with Crippen LogP contribution in [0.3, 0.4) is 0 Å². The van der Waals surface area contributed by atoms with Gasteiger partial charge in [0.15, 0.2) is 0 Å². The molecule has 0 unspecified atom stereocenters. The van der Waals surface area contributed by atoms with Crippen molar-refractivity contribution in [1.82, 2.24) is 4.98 Å². The van der Waals surface area contributed by atoms with Crippen LogP contribution in [-0.2, 0) is 12.0 Å². The Morgan fingerprint density at radius 2 is 1.84 bits per heavy atom. The first kappa shape index (κ1) is 15.0. The number of aromatic nitrogens is 1. The number of rotatable bonds is 3. The minimum atomic E-state index is 0.115. The van der Waals surface area contributed by atoms with Gasteiger partial charge in [0.2, 0.25) is 0 Å². The Labute approximate surface area is 121 Å². The molecule has 2 N–H and O–H groups in total. The van der Waals surface area contributed by atoms with Crippen molar-refractivity contribution in [2.45, 2.75) is 77.7 Å². The molecule has 0 spiro atoms.